The van der Waals surface area contributed by atoms with Crippen LogP contribution in [-0.2, 0) is 6.42 Å². The molecule has 2 aliphatic rings. The Hall–Kier alpha value is -2.54. The number of aryl methyl sites for hydroxylation is 1. The van der Waals surface area contributed by atoms with Crippen molar-refractivity contribution in [3.05, 3.63) is 98.5 Å². The van der Waals surface area contributed by atoms with Crippen molar-refractivity contribution in [2.75, 3.05) is 6.67 Å². The largest absolute Gasteiger partial charge is 0.490 e. The minimum absolute atomic E-state index is 0.131. The topological polar surface area (TPSA) is 29.5 Å². The lowest BCUT2D eigenvalue weighted by Gasteiger charge is -2.20. The molecule has 2 unspecified atom stereocenters. The number of aliphatic hydroxyl groups is 1. The lowest BCUT2D eigenvalue weighted by molar-refractivity contribution is -0.206. The highest BCUT2D eigenvalue weighted by molar-refractivity contribution is 6.36. The quantitative estimate of drug-likeness (QED) is 0.190. The molecular weight excluding hydrogens is 587 g/mol. The van der Waals surface area contributed by atoms with E-state index in [1.807, 2.05) is 30.3 Å². The van der Waals surface area contributed by atoms with Gasteiger partial charge in [0, 0.05) is 10.0 Å². The Morgan fingerprint density at radius 2 is 1.67 bits per heavy atom. The van der Waals surface area contributed by atoms with Gasteiger partial charge in [-0.25, -0.2) is 0 Å². The van der Waals surface area contributed by atoms with Crippen molar-refractivity contribution >= 4 is 34.3 Å². The highest BCUT2D eigenvalue weighted by Gasteiger charge is 2.39. The molecule has 0 aromatic heterocycles. The fourth-order valence-electron chi connectivity index (χ4n) is 6.32. The molecule has 224 valence electrons. The summed E-state index contributed by atoms with van der Waals surface area (Å²) in [7, 11) is 0. The fourth-order valence-corrected chi connectivity index (χ4v) is 6.84. The Balaban J connectivity index is 1.49. The molecule has 1 fully saturated rings. The number of fused-ring (bicyclic) bond motifs is 1. The zero-order chi connectivity index (χ0) is 29.9. The molecule has 2 nitrogen and oxygen atoms in total. The summed E-state index contributed by atoms with van der Waals surface area (Å²) in [5.41, 5.74) is 4.99. The first kappa shape index (κ1) is 30.9. The van der Waals surface area contributed by atoms with Crippen molar-refractivity contribution in [3.8, 4) is 5.75 Å². The third kappa shape index (κ3) is 7.15. The second-order valence-electron chi connectivity index (χ2n) is 11.3. The third-order valence-electron chi connectivity index (χ3n) is 8.39. The summed E-state index contributed by atoms with van der Waals surface area (Å²) in [5, 5.41) is 10.9. The molecule has 3 aromatic carbocycles. The number of aliphatic hydroxyl groups excluding tert-OH is 1. The summed E-state index contributed by atoms with van der Waals surface area (Å²) in [6.07, 6.45) is 0.367. The number of hydrogen-bond donors (Lipinski definition) is 1. The van der Waals surface area contributed by atoms with Crippen LogP contribution in [0.2, 0.25) is 10.0 Å². The number of benzene rings is 3. The van der Waals surface area contributed by atoms with Gasteiger partial charge in [-0.15, -0.1) is 0 Å². The second kappa shape index (κ2) is 13.4. The average Bonchev–Trinajstić information content (AvgIpc) is 3.31. The SMILES string of the molecule is OC(c1ccc2c(c1)CCCC(c1ccc(Cl)cc1Cl)=C2c1ccc(O[C@H]2CCC(CCCCF)C2)cc1)C(F)(F)F. The lowest BCUT2D eigenvalue weighted by Crippen LogP contribution is -2.20. The smallest absolute Gasteiger partial charge is 0.418 e. The summed E-state index contributed by atoms with van der Waals surface area (Å²) in [6.45, 7) is -0.261. The summed E-state index contributed by atoms with van der Waals surface area (Å²) in [4.78, 5) is 0. The van der Waals surface area contributed by atoms with Crippen molar-refractivity contribution in [2.24, 2.45) is 5.92 Å². The molecule has 0 heterocycles. The summed E-state index contributed by atoms with van der Waals surface area (Å²) < 4.78 is 58.7. The van der Waals surface area contributed by atoms with Gasteiger partial charge in [0.1, 0.15) is 5.75 Å². The van der Waals surface area contributed by atoms with Gasteiger partial charge in [-0.2, -0.15) is 13.2 Å². The zero-order valence-electron chi connectivity index (χ0n) is 23.2. The fraction of sp³-hybridized carbons (Fsp3) is 0.412. The molecule has 3 aromatic rings. The average molecular weight is 622 g/mol. The molecule has 8 heteroatoms. The van der Waals surface area contributed by atoms with Crippen molar-refractivity contribution in [1.82, 2.24) is 0 Å². The molecule has 0 amide bonds. The van der Waals surface area contributed by atoms with Crippen LogP contribution in [0.15, 0.2) is 60.7 Å². The Kier molecular flexibility index (Phi) is 9.86. The second-order valence-corrected chi connectivity index (χ2v) is 12.2. The van der Waals surface area contributed by atoms with Crippen molar-refractivity contribution in [1.29, 1.82) is 0 Å². The maximum atomic E-state index is 13.3. The van der Waals surface area contributed by atoms with Crippen LogP contribution in [0, 0.1) is 5.92 Å². The van der Waals surface area contributed by atoms with E-state index in [4.69, 9.17) is 27.9 Å². The Morgan fingerprint density at radius 3 is 2.38 bits per heavy atom. The van der Waals surface area contributed by atoms with E-state index in [9.17, 15) is 22.7 Å². The Morgan fingerprint density at radius 1 is 0.905 bits per heavy atom. The minimum atomic E-state index is -4.75. The highest BCUT2D eigenvalue weighted by Crippen LogP contribution is 2.44. The van der Waals surface area contributed by atoms with Crippen molar-refractivity contribution < 1.29 is 27.4 Å². The normalized spacial score (nSPS) is 19.9. The van der Waals surface area contributed by atoms with E-state index in [-0.39, 0.29) is 18.3 Å². The molecule has 1 N–H and O–H groups in total. The van der Waals surface area contributed by atoms with Gasteiger partial charge in [-0.1, -0.05) is 72.4 Å². The van der Waals surface area contributed by atoms with E-state index in [0.717, 1.165) is 71.3 Å². The van der Waals surface area contributed by atoms with Gasteiger partial charge < -0.3 is 9.84 Å². The number of halogens is 6. The molecule has 42 heavy (non-hydrogen) atoms. The monoisotopic (exact) mass is 620 g/mol. The van der Waals surface area contributed by atoms with E-state index in [1.165, 1.54) is 12.1 Å². The molecule has 2 aliphatic carbocycles. The van der Waals surface area contributed by atoms with Crippen LogP contribution < -0.4 is 4.74 Å². The molecule has 0 bridgehead atoms. The number of rotatable bonds is 9. The predicted octanol–water partition coefficient (Wildman–Crippen LogP) is 10.6. The molecule has 0 saturated heterocycles. The zero-order valence-corrected chi connectivity index (χ0v) is 24.7. The molecule has 0 spiro atoms. The molecule has 0 aliphatic heterocycles. The summed E-state index contributed by atoms with van der Waals surface area (Å²) in [5.74, 6) is 1.33. The first-order chi connectivity index (χ1) is 20.1. The number of allylic oxidation sites excluding steroid dienone is 1. The van der Waals surface area contributed by atoms with E-state index in [0.29, 0.717) is 41.6 Å². The van der Waals surface area contributed by atoms with E-state index in [1.54, 1.807) is 18.2 Å². The standard InChI is InChI=1S/C34H34Cl2F4O2/c35-25-11-16-29(31(36)20-25)30-6-3-5-23-19-24(33(41)34(38,39)40)10-15-28(23)32(30)22-8-13-26(14-9-22)42-27-12-7-21(18-27)4-1-2-17-37/h8-11,13-16,19-21,27,33,41H,1-7,12,17-18H2/t21?,27-,33?/m0/s1. The van der Waals surface area contributed by atoms with E-state index >= 15 is 0 Å². The highest BCUT2D eigenvalue weighted by atomic mass is 35.5. The van der Waals surface area contributed by atoms with Crippen LogP contribution in [0.4, 0.5) is 17.6 Å². The Labute approximate surface area is 254 Å². The third-order valence-corrected chi connectivity index (χ3v) is 8.94. The van der Waals surface area contributed by atoms with Crippen LogP contribution in [0.25, 0.3) is 11.1 Å². The first-order valence-corrected chi connectivity index (χ1v) is 15.3. The van der Waals surface area contributed by atoms with Crippen LogP contribution in [0.1, 0.15) is 85.3 Å². The van der Waals surface area contributed by atoms with E-state index in [2.05, 4.69) is 0 Å². The van der Waals surface area contributed by atoms with Crippen LogP contribution in [-0.4, -0.2) is 24.1 Å². The summed E-state index contributed by atoms with van der Waals surface area (Å²) in [6, 6.07) is 17.7. The van der Waals surface area contributed by atoms with Gasteiger partial charge in [0.25, 0.3) is 0 Å². The van der Waals surface area contributed by atoms with Crippen molar-refractivity contribution in [2.45, 2.75) is 76.2 Å². The van der Waals surface area contributed by atoms with Crippen molar-refractivity contribution in [3.63, 3.8) is 0 Å². The first-order valence-electron chi connectivity index (χ1n) is 14.5. The summed E-state index contributed by atoms with van der Waals surface area (Å²) >= 11 is 12.9. The number of alkyl halides is 4. The van der Waals surface area contributed by atoms with Gasteiger partial charge in [-0.05, 0) is 114 Å². The maximum Gasteiger partial charge on any atom is 0.418 e. The van der Waals surface area contributed by atoms with Crippen LogP contribution in [0.5, 0.6) is 5.75 Å². The van der Waals surface area contributed by atoms with Gasteiger partial charge in [0.2, 0.25) is 0 Å². The van der Waals surface area contributed by atoms with Gasteiger partial charge in [-0.3, -0.25) is 4.39 Å². The number of unbranched alkanes of at least 4 members (excludes halogenated alkanes) is 1. The molecule has 1 saturated carbocycles. The van der Waals surface area contributed by atoms with E-state index < -0.39 is 12.3 Å². The lowest BCUT2D eigenvalue weighted by atomic mass is 9.87. The van der Waals surface area contributed by atoms with Gasteiger partial charge in [0.15, 0.2) is 6.10 Å². The van der Waals surface area contributed by atoms with Gasteiger partial charge >= 0.3 is 6.18 Å². The van der Waals surface area contributed by atoms with Gasteiger partial charge in [0.05, 0.1) is 12.8 Å². The van der Waals surface area contributed by atoms with Crippen LogP contribution >= 0.6 is 23.2 Å². The van der Waals surface area contributed by atoms with Crippen LogP contribution in [0.3, 0.4) is 0 Å². The molecular formula is C34H34Cl2F4O2. The molecule has 0 radical (unpaired) electrons. The predicted molar refractivity (Wildman–Crippen MR) is 161 cm³/mol. The molecule has 3 atom stereocenters. The minimum Gasteiger partial charge on any atom is -0.490 e. The molecule has 5 rings (SSSR count). The maximum absolute atomic E-state index is 13.3. The Bertz CT molecular complexity index is 1420. The number of ether oxygens (including phenoxy) is 1. The number of hydrogen-bond acceptors (Lipinski definition) is 2.